The Morgan fingerprint density at radius 1 is 1.14 bits per heavy atom. The van der Waals surface area contributed by atoms with E-state index in [1.807, 2.05) is 18.2 Å². The van der Waals surface area contributed by atoms with Crippen molar-refractivity contribution in [3.05, 3.63) is 59.4 Å². The lowest BCUT2D eigenvalue weighted by Crippen LogP contribution is -1.89. The SMILES string of the molecule is CC(C)c1ccc2[nH]c(-c3ccccc3F)c(C=O)c2c1. The van der Waals surface area contributed by atoms with Crippen LogP contribution in [0, 0.1) is 5.82 Å². The number of carbonyl (C=O) groups excluding carboxylic acids is 1. The minimum Gasteiger partial charge on any atom is -0.354 e. The number of halogens is 1. The smallest absolute Gasteiger partial charge is 0.152 e. The fourth-order valence-electron chi connectivity index (χ4n) is 2.59. The summed E-state index contributed by atoms with van der Waals surface area (Å²) >= 11 is 0. The van der Waals surface area contributed by atoms with Crippen LogP contribution in [0.15, 0.2) is 42.5 Å². The molecule has 0 amide bonds. The Labute approximate surface area is 122 Å². The molecule has 3 aromatic rings. The van der Waals surface area contributed by atoms with Gasteiger partial charge in [-0.2, -0.15) is 0 Å². The van der Waals surface area contributed by atoms with E-state index in [9.17, 15) is 9.18 Å². The summed E-state index contributed by atoms with van der Waals surface area (Å²) in [6.45, 7) is 4.21. The summed E-state index contributed by atoms with van der Waals surface area (Å²) in [7, 11) is 0. The van der Waals surface area contributed by atoms with E-state index in [1.165, 1.54) is 6.07 Å². The molecular formula is C18H16FNO. The van der Waals surface area contributed by atoms with Gasteiger partial charge in [0.05, 0.1) is 5.69 Å². The highest BCUT2D eigenvalue weighted by molar-refractivity contribution is 6.04. The van der Waals surface area contributed by atoms with Crippen molar-refractivity contribution in [2.75, 3.05) is 0 Å². The minimum absolute atomic E-state index is 0.337. The van der Waals surface area contributed by atoms with Gasteiger partial charge in [-0.3, -0.25) is 4.79 Å². The molecule has 3 heteroatoms. The minimum atomic E-state index is -0.337. The second-order valence-electron chi connectivity index (χ2n) is 5.47. The van der Waals surface area contributed by atoms with Gasteiger partial charge in [0.15, 0.2) is 6.29 Å². The van der Waals surface area contributed by atoms with Crippen LogP contribution in [0.25, 0.3) is 22.2 Å². The Kier molecular flexibility index (Phi) is 3.34. The molecule has 0 aliphatic carbocycles. The van der Waals surface area contributed by atoms with Crippen LogP contribution in [0.5, 0.6) is 0 Å². The lowest BCUT2D eigenvalue weighted by molar-refractivity contribution is 0.112. The van der Waals surface area contributed by atoms with E-state index in [2.05, 4.69) is 18.8 Å². The summed E-state index contributed by atoms with van der Waals surface area (Å²) in [5, 5.41) is 0.842. The maximum Gasteiger partial charge on any atom is 0.152 e. The molecule has 1 heterocycles. The predicted molar refractivity (Wildman–Crippen MR) is 83.2 cm³/mol. The monoisotopic (exact) mass is 281 g/mol. The van der Waals surface area contributed by atoms with Crippen molar-refractivity contribution in [3.63, 3.8) is 0 Å². The van der Waals surface area contributed by atoms with Crippen molar-refractivity contribution in [2.24, 2.45) is 0 Å². The summed E-state index contributed by atoms with van der Waals surface area (Å²) in [4.78, 5) is 14.7. The number of hydrogen-bond donors (Lipinski definition) is 1. The number of fused-ring (bicyclic) bond motifs is 1. The number of carbonyl (C=O) groups is 1. The van der Waals surface area contributed by atoms with E-state index < -0.39 is 0 Å². The third-order valence-electron chi connectivity index (χ3n) is 3.79. The van der Waals surface area contributed by atoms with Crippen LogP contribution in [-0.4, -0.2) is 11.3 Å². The van der Waals surface area contributed by atoms with Gasteiger partial charge < -0.3 is 4.98 Å². The molecule has 106 valence electrons. The van der Waals surface area contributed by atoms with E-state index in [0.717, 1.165) is 22.8 Å². The first-order valence-corrected chi connectivity index (χ1v) is 6.97. The maximum atomic E-state index is 14.0. The summed E-state index contributed by atoms with van der Waals surface area (Å²) in [6, 6.07) is 12.5. The van der Waals surface area contributed by atoms with Gasteiger partial charge in [-0.15, -0.1) is 0 Å². The molecule has 1 N–H and O–H groups in total. The zero-order valence-electron chi connectivity index (χ0n) is 12.0. The molecule has 0 saturated carbocycles. The average molecular weight is 281 g/mol. The van der Waals surface area contributed by atoms with Crippen LogP contribution in [0.3, 0.4) is 0 Å². The molecule has 0 atom stereocenters. The van der Waals surface area contributed by atoms with Crippen LogP contribution in [-0.2, 0) is 0 Å². The summed E-state index contributed by atoms with van der Waals surface area (Å²) in [5.41, 5.74) is 3.47. The van der Waals surface area contributed by atoms with Gasteiger partial charge >= 0.3 is 0 Å². The fraction of sp³-hybridized carbons (Fsp3) is 0.167. The molecule has 0 fully saturated rings. The largest absolute Gasteiger partial charge is 0.354 e. The molecule has 2 nitrogen and oxygen atoms in total. The topological polar surface area (TPSA) is 32.9 Å². The third-order valence-corrected chi connectivity index (χ3v) is 3.79. The third kappa shape index (κ3) is 2.25. The van der Waals surface area contributed by atoms with Gasteiger partial charge in [0, 0.05) is 22.0 Å². The Balaban J connectivity index is 2.30. The van der Waals surface area contributed by atoms with Crippen LogP contribution in [0.4, 0.5) is 4.39 Å². The van der Waals surface area contributed by atoms with Gasteiger partial charge in [0.25, 0.3) is 0 Å². The molecule has 3 rings (SSSR count). The first-order chi connectivity index (χ1) is 10.1. The molecule has 0 bridgehead atoms. The van der Waals surface area contributed by atoms with Gasteiger partial charge in [0.2, 0.25) is 0 Å². The highest BCUT2D eigenvalue weighted by atomic mass is 19.1. The molecular weight excluding hydrogens is 265 g/mol. The van der Waals surface area contributed by atoms with Crippen molar-refractivity contribution in [1.29, 1.82) is 0 Å². The average Bonchev–Trinajstić information content (AvgIpc) is 2.84. The fourth-order valence-corrected chi connectivity index (χ4v) is 2.59. The van der Waals surface area contributed by atoms with Gasteiger partial charge in [-0.05, 0) is 35.7 Å². The zero-order valence-corrected chi connectivity index (χ0v) is 12.0. The van der Waals surface area contributed by atoms with E-state index in [4.69, 9.17) is 0 Å². The number of hydrogen-bond acceptors (Lipinski definition) is 1. The highest BCUT2D eigenvalue weighted by Gasteiger charge is 2.16. The second-order valence-corrected chi connectivity index (χ2v) is 5.47. The number of rotatable bonds is 3. The highest BCUT2D eigenvalue weighted by Crippen LogP contribution is 2.32. The summed E-state index contributed by atoms with van der Waals surface area (Å²) < 4.78 is 14.0. The van der Waals surface area contributed by atoms with Crippen molar-refractivity contribution in [3.8, 4) is 11.3 Å². The van der Waals surface area contributed by atoms with Crippen LogP contribution in [0.2, 0.25) is 0 Å². The van der Waals surface area contributed by atoms with Crippen LogP contribution >= 0.6 is 0 Å². The number of aromatic nitrogens is 1. The zero-order chi connectivity index (χ0) is 15.0. The quantitative estimate of drug-likeness (QED) is 0.680. The molecule has 0 aliphatic rings. The number of H-pyrrole nitrogens is 1. The van der Waals surface area contributed by atoms with E-state index >= 15 is 0 Å². The number of nitrogens with one attached hydrogen (secondary N) is 1. The normalized spacial score (nSPS) is 11.2. The molecule has 0 radical (unpaired) electrons. The Morgan fingerprint density at radius 3 is 2.57 bits per heavy atom. The maximum absolute atomic E-state index is 14.0. The number of benzene rings is 2. The van der Waals surface area contributed by atoms with Crippen molar-refractivity contribution >= 4 is 17.2 Å². The van der Waals surface area contributed by atoms with E-state index in [0.29, 0.717) is 22.7 Å². The number of aldehydes is 1. The van der Waals surface area contributed by atoms with Crippen LogP contribution < -0.4 is 0 Å². The molecule has 2 aromatic carbocycles. The van der Waals surface area contributed by atoms with Crippen LogP contribution in [0.1, 0.15) is 35.7 Å². The van der Waals surface area contributed by atoms with Crippen molar-refractivity contribution in [1.82, 2.24) is 4.98 Å². The van der Waals surface area contributed by atoms with Crippen molar-refractivity contribution < 1.29 is 9.18 Å². The lowest BCUT2D eigenvalue weighted by Gasteiger charge is -2.04. The standard InChI is InChI=1S/C18H16FNO/c1-11(2)12-7-8-17-14(9-12)15(10-21)18(20-17)13-5-3-4-6-16(13)19/h3-11,20H,1-2H3. The number of aromatic amines is 1. The first kappa shape index (κ1) is 13.6. The molecule has 1 aromatic heterocycles. The Hall–Kier alpha value is -2.42. The lowest BCUT2D eigenvalue weighted by atomic mass is 9.99. The van der Waals surface area contributed by atoms with E-state index in [-0.39, 0.29) is 5.82 Å². The van der Waals surface area contributed by atoms with E-state index in [1.54, 1.807) is 18.2 Å². The van der Waals surface area contributed by atoms with Gasteiger partial charge in [-0.25, -0.2) is 4.39 Å². The predicted octanol–water partition coefficient (Wildman–Crippen LogP) is 4.91. The Morgan fingerprint density at radius 2 is 1.90 bits per heavy atom. The first-order valence-electron chi connectivity index (χ1n) is 6.97. The summed E-state index contributed by atoms with van der Waals surface area (Å²) in [5.74, 6) is 0.0388. The molecule has 21 heavy (non-hydrogen) atoms. The summed E-state index contributed by atoms with van der Waals surface area (Å²) in [6.07, 6.45) is 0.796. The van der Waals surface area contributed by atoms with Gasteiger partial charge in [0.1, 0.15) is 5.82 Å². The molecule has 0 saturated heterocycles. The molecule has 0 spiro atoms. The molecule has 0 aliphatic heterocycles. The molecule has 0 unspecified atom stereocenters. The van der Waals surface area contributed by atoms with Gasteiger partial charge in [-0.1, -0.05) is 32.0 Å². The van der Waals surface area contributed by atoms with Crippen molar-refractivity contribution in [2.45, 2.75) is 19.8 Å². The second kappa shape index (κ2) is 5.17. The Bertz CT molecular complexity index is 817.